The van der Waals surface area contributed by atoms with Crippen LogP contribution in [-0.4, -0.2) is 45.5 Å². The summed E-state index contributed by atoms with van der Waals surface area (Å²) in [6.45, 7) is 3.44. The fourth-order valence-corrected chi connectivity index (χ4v) is 2.61. The van der Waals surface area contributed by atoms with E-state index < -0.39 is 11.9 Å². The number of amides is 1. The van der Waals surface area contributed by atoms with E-state index in [1.807, 2.05) is 13.8 Å². The number of aliphatic carboxylic acids is 1. The second-order valence-corrected chi connectivity index (χ2v) is 6.54. The number of carboxylic acid groups (broad SMARTS) is 1. The maximum atomic E-state index is 12.5. The van der Waals surface area contributed by atoms with Crippen molar-refractivity contribution in [3.05, 3.63) is 28.8 Å². The molecule has 0 aliphatic rings. The Morgan fingerprint density at radius 2 is 2.04 bits per heavy atom. The van der Waals surface area contributed by atoms with E-state index >= 15 is 0 Å². The van der Waals surface area contributed by atoms with Gasteiger partial charge < -0.3 is 20.3 Å². The molecule has 0 atom stereocenters. The number of pyridine rings is 1. The van der Waals surface area contributed by atoms with Crippen LogP contribution in [0.4, 0.5) is 5.13 Å². The van der Waals surface area contributed by atoms with E-state index in [0.29, 0.717) is 5.69 Å². The lowest BCUT2D eigenvalue weighted by molar-refractivity contribution is -0.136. The first-order valence-corrected chi connectivity index (χ1v) is 8.73. The molecule has 0 spiro atoms. The highest BCUT2D eigenvalue weighted by Crippen LogP contribution is 2.22. The number of ether oxygens (including phenoxy) is 2. The van der Waals surface area contributed by atoms with Crippen LogP contribution in [0.15, 0.2) is 17.5 Å². The molecule has 0 aromatic carbocycles. The van der Waals surface area contributed by atoms with Crippen molar-refractivity contribution in [2.45, 2.75) is 26.4 Å². The van der Waals surface area contributed by atoms with Crippen molar-refractivity contribution < 1.29 is 24.2 Å². The molecule has 144 valence electrons. The second-order valence-electron chi connectivity index (χ2n) is 5.68. The zero-order chi connectivity index (χ0) is 20.0. The molecule has 2 aromatic heterocycles. The average Bonchev–Trinajstić information content (AvgIpc) is 2.98. The third-order valence-corrected chi connectivity index (χ3v) is 3.68. The Labute approximate surface area is 158 Å². The number of carbonyl (C=O) groups is 2. The van der Waals surface area contributed by atoms with Crippen molar-refractivity contribution in [3.63, 3.8) is 0 Å². The van der Waals surface area contributed by atoms with Gasteiger partial charge in [-0.1, -0.05) is 0 Å². The third kappa shape index (κ3) is 6.55. The predicted octanol–water partition coefficient (Wildman–Crippen LogP) is 1.52. The number of nitrogens with one attached hydrogen (secondary N) is 2. The first kappa shape index (κ1) is 20.1. The van der Waals surface area contributed by atoms with Crippen LogP contribution in [0.1, 0.15) is 29.9 Å². The van der Waals surface area contributed by atoms with Crippen LogP contribution in [0.3, 0.4) is 0 Å². The Morgan fingerprint density at radius 1 is 1.33 bits per heavy atom. The lowest BCUT2D eigenvalue weighted by atomic mass is 10.2. The highest BCUT2D eigenvalue weighted by molar-refractivity contribution is 7.14. The topological polar surface area (TPSA) is 161 Å². The van der Waals surface area contributed by atoms with Gasteiger partial charge in [0.1, 0.15) is 12.4 Å². The molecular weight excluding hydrogens is 374 g/mol. The fraction of sp³-hybridized carbons (Fsp3) is 0.312. The molecule has 0 saturated heterocycles. The van der Waals surface area contributed by atoms with Gasteiger partial charge in [0.2, 0.25) is 11.8 Å². The minimum absolute atomic E-state index is 0.0826. The number of nitrogens with two attached hydrogens (primary N) is 1. The number of carboxylic acids is 1. The first-order chi connectivity index (χ1) is 12.7. The number of nitrogens with zero attached hydrogens (tertiary/aromatic N) is 2. The van der Waals surface area contributed by atoms with Crippen molar-refractivity contribution in [1.29, 1.82) is 5.41 Å². The van der Waals surface area contributed by atoms with Crippen LogP contribution in [0.25, 0.3) is 0 Å². The quantitative estimate of drug-likeness (QED) is 0.368. The van der Waals surface area contributed by atoms with Crippen LogP contribution in [0.2, 0.25) is 0 Å². The van der Waals surface area contributed by atoms with Crippen molar-refractivity contribution >= 4 is 34.2 Å². The van der Waals surface area contributed by atoms with Crippen LogP contribution < -0.4 is 20.5 Å². The maximum Gasteiger partial charge on any atom is 0.309 e. The van der Waals surface area contributed by atoms with Crippen LogP contribution in [0, 0.1) is 5.41 Å². The molecule has 10 nitrogen and oxygen atoms in total. The normalized spacial score (nSPS) is 10.5. The van der Waals surface area contributed by atoms with E-state index in [4.69, 9.17) is 25.7 Å². The van der Waals surface area contributed by atoms with E-state index in [9.17, 15) is 9.59 Å². The number of aromatic nitrogens is 2. The lowest BCUT2D eigenvalue weighted by Gasteiger charge is -2.12. The number of hydrogen-bond acceptors (Lipinski definition) is 8. The number of hydrogen-bond donors (Lipinski definition) is 4. The van der Waals surface area contributed by atoms with E-state index in [2.05, 4.69) is 15.3 Å². The monoisotopic (exact) mass is 393 g/mol. The molecule has 0 fully saturated rings. The van der Waals surface area contributed by atoms with Gasteiger partial charge in [0.25, 0.3) is 5.91 Å². The van der Waals surface area contributed by atoms with Crippen LogP contribution >= 0.6 is 11.3 Å². The fourth-order valence-electron chi connectivity index (χ4n) is 1.91. The summed E-state index contributed by atoms with van der Waals surface area (Å²) in [5, 5.41) is 20.4. The van der Waals surface area contributed by atoms with Crippen molar-refractivity contribution in [3.8, 4) is 11.8 Å². The summed E-state index contributed by atoms with van der Waals surface area (Å²) in [7, 11) is 0. The Kier molecular flexibility index (Phi) is 6.66. The Hall–Kier alpha value is -3.21. The van der Waals surface area contributed by atoms with Crippen LogP contribution in [0.5, 0.6) is 11.8 Å². The first-order valence-electron chi connectivity index (χ1n) is 7.85. The molecule has 27 heavy (non-hydrogen) atoms. The zero-order valence-corrected chi connectivity index (χ0v) is 15.5. The summed E-state index contributed by atoms with van der Waals surface area (Å²) in [5.74, 6) is -1.42. The molecule has 2 heterocycles. The van der Waals surface area contributed by atoms with Crippen molar-refractivity contribution in [2.24, 2.45) is 5.73 Å². The highest BCUT2D eigenvalue weighted by atomic mass is 32.1. The summed E-state index contributed by atoms with van der Waals surface area (Å²) in [5.41, 5.74) is 5.82. The number of rotatable bonds is 9. The lowest BCUT2D eigenvalue weighted by Crippen LogP contribution is -2.20. The summed E-state index contributed by atoms with van der Waals surface area (Å²) in [6, 6.07) is 2.83. The van der Waals surface area contributed by atoms with E-state index in [1.54, 1.807) is 5.38 Å². The van der Waals surface area contributed by atoms with Gasteiger partial charge in [0.05, 0.1) is 23.8 Å². The van der Waals surface area contributed by atoms with E-state index in [0.717, 1.165) is 11.3 Å². The van der Waals surface area contributed by atoms with Gasteiger partial charge in [-0.25, -0.2) is 4.98 Å². The smallest absolute Gasteiger partial charge is 0.309 e. The molecule has 0 saturated carbocycles. The van der Waals surface area contributed by atoms with E-state index in [1.165, 1.54) is 12.1 Å². The molecule has 11 heteroatoms. The third-order valence-electron chi connectivity index (χ3n) is 2.88. The molecule has 2 aromatic rings. The van der Waals surface area contributed by atoms with Gasteiger partial charge >= 0.3 is 5.97 Å². The molecule has 5 N–H and O–H groups in total. The van der Waals surface area contributed by atoms with Gasteiger partial charge in [-0.15, -0.1) is 11.3 Å². The van der Waals surface area contributed by atoms with Gasteiger partial charge in [-0.3, -0.25) is 20.3 Å². The summed E-state index contributed by atoms with van der Waals surface area (Å²) in [4.78, 5) is 31.4. The van der Waals surface area contributed by atoms with Crippen molar-refractivity contribution in [1.82, 2.24) is 9.97 Å². The van der Waals surface area contributed by atoms with Gasteiger partial charge in [0, 0.05) is 17.5 Å². The van der Waals surface area contributed by atoms with Crippen LogP contribution in [-0.2, 0) is 11.2 Å². The molecule has 0 bridgehead atoms. The number of carbonyl (C=O) groups excluding carboxylic acids is 1. The highest BCUT2D eigenvalue weighted by Gasteiger charge is 2.15. The van der Waals surface area contributed by atoms with Crippen molar-refractivity contribution in [2.75, 3.05) is 11.9 Å². The average molecular weight is 393 g/mol. The summed E-state index contributed by atoms with van der Waals surface area (Å²) < 4.78 is 10.8. The molecule has 0 aliphatic carbocycles. The molecule has 2 rings (SSSR count). The Balaban J connectivity index is 2.19. The molecule has 0 radical (unpaired) electrons. The standard InChI is InChI=1S/C16H19N5O5S/c1-8(2)26-13-4-9(3-12(20-13)25-6-11(17)18)15(24)21-16-19-10(7-27-16)5-14(22)23/h3-4,7-8H,5-6H2,1-2H3,(H3,17,18)(H,22,23)(H,19,21,24). The van der Waals surface area contributed by atoms with Gasteiger partial charge in [-0.05, 0) is 13.8 Å². The number of amidine groups is 1. The largest absolute Gasteiger partial charge is 0.481 e. The SMILES string of the molecule is CC(C)Oc1cc(C(=O)Nc2nc(CC(=O)O)cs2)cc(OCC(=N)N)n1. The zero-order valence-electron chi connectivity index (χ0n) is 14.7. The minimum Gasteiger partial charge on any atom is -0.481 e. The molecule has 0 aliphatic heterocycles. The number of anilines is 1. The predicted molar refractivity (Wildman–Crippen MR) is 98.8 cm³/mol. The molecule has 1 amide bonds. The Morgan fingerprint density at radius 3 is 2.67 bits per heavy atom. The second kappa shape index (κ2) is 8.94. The summed E-state index contributed by atoms with van der Waals surface area (Å²) in [6.07, 6.45) is -0.397. The van der Waals surface area contributed by atoms with E-state index in [-0.39, 0.29) is 47.4 Å². The van der Waals surface area contributed by atoms with Gasteiger partial charge in [-0.2, -0.15) is 4.98 Å². The van der Waals surface area contributed by atoms with Gasteiger partial charge in [0.15, 0.2) is 5.13 Å². The Bertz CT molecular complexity index is 851. The molecular formula is C16H19N5O5S. The molecule has 0 unspecified atom stereocenters. The summed E-state index contributed by atoms with van der Waals surface area (Å²) >= 11 is 1.12. The minimum atomic E-state index is -1.00. The number of thiazole rings is 1. The maximum absolute atomic E-state index is 12.5.